The molecule has 1 aliphatic rings. The van der Waals surface area contributed by atoms with E-state index in [2.05, 4.69) is 20.6 Å². The maximum atomic E-state index is 12.5. The number of nitrogens with zero attached hydrogens (tertiary/aromatic N) is 2. The predicted molar refractivity (Wildman–Crippen MR) is 87.6 cm³/mol. The van der Waals surface area contributed by atoms with E-state index in [-0.39, 0.29) is 25.0 Å². The molecule has 9 heteroatoms. The van der Waals surface area contributed by atoms with E-state index in [0.717, 1.165) is 19.4 Å². The first-order chi connectivity index (χ1) is 11.9. The average molecular weight is 355 g/mol. The Kier molecular flexibility index (Phi) is 6.51. The Morgan fingerprint density at radius 3 is 2.96 bits per heavy atom. The van der Waals surface area contributed by atoms with Crippen molar-refractivity contribution in [3.63, 3.8) is 0 Å². The normalized spacial score (nSPS) is 18.7. The molecule has 2 heterocycles. The Bertz CT molecular complexity index is 651. The number of nitrogens with one attached hydrogen (secondary N) is 2. The first-order valence-corrected chi connectivity index (χ1v) is 7.84. The maximum Gasteiger partial charge on any atom is 0.419 e. The van der Waals surface area contributed by atoms with Gasteiger partial charge in [0.25, 0.3) is 0 Å². The highest BCUT2D eigenvalue weighted by atomic mass is 19.4. The van der Waals surface area contributed by atoms with Crippen LogP contribution in [0.25, 0.3) is 0 Å². The molecule has 1 aromatic rings. The minimum absolute atomic E-state index is 0.0566. The monoisotopic (exact) mass is 355 g/mol. The number of alkyl halides is 3. The third-order valence-corrected chi connectivity index (χ3v) is 3.71. The van der Waals surface area contributed by atoms with E-state index >= 15 is 0 Å². The maximum absolute atomic E-state index is 12.5. The fourth-order valence-corrected chi connectivity index (χ4v) is 2.39. The molecule has 0 aromatic carbocycles. The molecule has 1 aliphatic heterocycles. The van der Waals surface area contributed by atoms with Gasteiger partial charge >= 0.3 is 6.18 Å². The molecule has 0 spiro atoms. The van der Waals surface area contributed by atoms with Crippen molar-refractivity contribution < 1.29 is 18.0 Å². The number of nitrogens with two attached hydrogens (primary N) is 1. The molecule has 1 atom stereocenters. The first kappa shape index (κ1) is 18.9. The van der Waals surface area contributed by atoms with Crippen LogP contribution in [0, 0.1) is 0 Å². The number of carbonyl (C=O) groups excluding carboxylic acids is 1. The summed E-state index contributed by atoms with van der Waals surface area (Å²) >= 11 is 0. The van der Waals surface area contributed by atoms with Gasteiger partial charge in [0.1, 0.15) is 0 Å². The minimum Gasteiger partial charge on any atom is -0.404 e. The van der Waals surface area contributed by atoms with Crippen LogP contribution < -0.4 is 16.4 Å². The molecule has 0 radical (unpaired) electrons. The molecule has 0 bridgehead atoms. The smallest absolute Gasteiger partial charge is 0.404 e. The molecule has 2 rings (SSSR count). The van der Waals surface area contributed by atoms with Crippen LogP contribution in [0.3, 0.4) is 0 Å². The van der Waals surface area contributed by atoms with Gasteiger partial charge in [0.15, 0.2) is 0 Å². The summed E-state index contributed by atoms with van der Waals surface area (Å²) in [5.74, 6) is -0.0781. The minimum atomic E-state index is -4.53. The highest BCUT2D eigenvalue weighted by Crippen LogP contribution is 2.23. The number of rotatable bonds is 6. The quantitative estimate of drug-likeness (QED) is 0.673. The zero-order chi connectivity index (χ0) is 18.3. The molecule has 1 fully saturated rings. The SMILES string of the molecule is N/C=C(\C=N/Cc1ccnc(CNC(=O)C2CCCN2)c1)C(F)(F)F. The molecule has 0 aliphatic carbocycles. The summed E-state index contributed by atoms with van der Waals surface area (Å²) < 4.78 is 37.6. The third-order valence-electron chi connectivity index (χ3n) is 3.71. The van der Waals surface area contributed by atoms with Gasteiger partial charge in [0.05, 0.1) is 30.4 Å². The highest BCUT2D eigenvalue weighted by Gasteiger charge is 2.32. The van der Waals surface area contributed by atoms with Crippen LogP contribution >= 0.6 is 0 Å². The molecule has 4 N–H and O–H groups in total. The molecule has 1 unspecified atom stereocenters. The summed E-state index contributed by atoms with van der Waals surface area (Å²) in [4.78, 5) is 19.8. The van der Waals surface area contributed by atoms with Gasteiger partial charge < -0.3 is 16.4 Å². The largest absolute Gasteiger partial charge is 0.419 e. The fourth-order valence-electron chi connectivity index (χ4n) is 2.39. The van der Waals surface area contributed by atoms with Crippen molar-refractivity contribution in [1.29, 1.82) is 0 Å². The number of allylic oxidation sites excluding steroid dienone is 1. The van der Waals surface area contributed by atoms with E-state index in [1.165, 1.54) is 6.20 Å². The number of amides is 1. The average Bonchev–Trinajstić information content (AvgIpc) is 3.10. The topological polar surface area (TPSA) is 92.4 Å². The van der Waals surface area contributed by atoms with Crippen molar-refractivity contribution in [2.75, 3.05) is 6.54 Å². The summed E-state index contributed by atoms with van der Waals surface area (Å²) in [6, 6.07) is 3.18. The molecule has 1 amide bonds. The summed E-state index contributed by atoms with van der Waals surface area (Å²) in [6.45, 7) is 1.15. The number of carbonyl (C=O) groups is 1. The predicted octanol–water partition coefficient (Wildman–Crippen LogP) is 1.43. The number of hydrogen-bond acceptors (Lipinski definition) is 5. The fraction of sp³-hybridized carbons (Fsp3) is 0.438. The molecule has 136 valence electrons. The third kappa shape index (κ3) is 5.86. The molecule has 1 saturated heterocycles. The highest BCUT2D eigenvalue weighted by molar-refractivity contribution is 5.82. The van der Waals surface area contributed by atoms with Gasteiger partial charge in [-0.1, -0.05) is 0 Å². The van der Waals surface area contributed by atoms with E-state index in [9.17, 15) is 18.0 Å². The van der Waals surface area contributed by atoms with Crippen molar-refractivity contribution >= 4 is 12.1 Å². The van der Waals surface area contributed by atoms with Gasteiger partial charge in [-0.25, -0.2) is 0 Å². The second-order valence-electron chi connectivity index (χ2n) is 5.61. The first-order valence-electron chi connectivity index (χ1n) is 7.84. The van der Waals surface area contributed by atoms with Gasteiger partial charge in [-0.2, -0.15) is 13.2 Å². The van der Waals surface area contributed by atoms with Crippen LogP contribution in [0.2, 0.25) is 0 Å². The number of aliphatic imine (C=N–C) groups is 1. The second-order valence-corrected chi connectivity index (χ2v) is 5.61. The standard InChI is InChI=1S/C16H20F3N5O/c17-16(18,19)12(7-20)9-21-8-11-3-5-22-13(6-11)10-24-15(25)14-2-1-4-23-14/h3,5-7,9,14,23H,1-2,4,8,10,20H2,(H,24,25)/b12-7+,21-9-. The number of halogens is 3. The Hall–Kier alpha value is -2.42. The van der Waals surface area contributed by atoms with Crippen LogP contribution in [-0.4, -0.2) is 35.9 Å². The Morgan fingerprint density at radius 2 is 2.32 bits per heavy atom. The second kappa shape index (κ2) is 8.61. The molecular formula is C16H20F3N5O. The van der Waals surface area contributed by atoms with Gasteiger partial charge in [-0.3, -0.25) is 14.8 Å². The van der Waals surface area contributed by atoms with E-state index in [1.807, 2.05) is 0 Å². The Balaban J connectivity index is 1.89. The molecule has 6 nitrogen and oxygen atoms in total. The van der Waals surface area contributed by atoms with Crippen LogP contribution in [0.1, 0.15) is 24.1 Å². The summed E-state index contributed by atoms with van der Waals surface area (Å²) in [5.41, 5.74) is 5.25. The zero-order valence-corrected chi connectivity index (χ0v) is 13.5. The molecule has 1 aromatic heterocycles. The number of hydrogen-bond donors (Lipinski definition) is 3. The van der Waals surface area contributed by atoms with E-state index < -0.39 is 11.7 Å². The van der Waals surface area contributed by atoms with E-state index in [4.69, 9.17) is 5.73 Å². The van der Waals surface area contributed by atoms with Gasteiger partial charge in [0.2, 0.25) is 5.91 Å². The van der Waals surface area contributed by atoms with Crippen molar-refractivity contribution in [2.45, 2.75) is 38.1 Å². The number of aromatic nitrogens is 1. The lowest BCUT2D eigenvalue weighted by Crippen LogP contribution is -2.40. The van der Waals surface area contributed by atoms with Gasteiger partial charge in [-0.15, -0.1) is 0 Å². The lowest BCUT2D eigenvalue weighted by atomic mass is 10.2. The summed E-state index contributed by atoms with van der Waals surface area (Å²) in [6.07, 6.45) is -0.0310. The Labute approximate surface area is 143 Å². The number of pyridine rings is 1. The Morgan fingerprint density at radius 1 is 1.52 bits per heavy atom. The van der Waals surface area contributed by atoms with E-state index in [1.54, 1.807) is 12.1 Å². The molecular weight excluding hydrogens is 335 g/mol. The van der Waals surface area contributed by atoms with Crippen LogP contribution in [0.4, 0.5) is 13.2 Å². The lowest BCUT2D eigenvalue weighted by Gasteiger charge is -2.11. The zero-order valence-electron chi connectivity index (χ0n) is 13.5. The van der Waals surface area contributed by atoms with Crippen molar-refractivity contribution in [2.24, 2.45) is 10.7 Å². The van der Waals surface area contributed by atoms with E-state index in [0.29, 0.717) is 23.7 Å². The summed E-state index contributed by atoms with van der Waals surface area (Å²) in [5, 5.41) is 5.90. The van der Waals surface area contributed by atoms with Gasteiger partial charge in [0, 0.05) is 18.6 Å². The van der Waals surface area contributed by atoms with Crippen molar-refractivity contribution in [1.82, 2.24) is 15.6 Å². The van der Waals surface area contributed by atoms with Crippen LogP contribution in [0.5, 0.6) is 0 Å². The van der Waals surface area contributed by atoms with Crippen LogP contribution in [-0.2, 0) is 17.9 Å². The lowest BCUT2D eigenvalue weighted by molar-refractivity contribution is -0.122. The van der Waals surface area contributed by atoms with Crippen LogP contribution in [0.15, 0.2) is 35.1 Å². The molecule has 0 saturated carbocycles. The summed E-state index contributed by atoms with van der Waals surface area (Å²) in [7, 11) is 0. The van der Waals surface area contributed by atoms with Crippen molar-refractivity contribution in [3.8, 4) is 0 Å². The van der Waals surface area contributed by atoms with Crippen molar-refractivity contribution in [3.05, 3.63) is 41.4 Å². The van der Waals surface area contributed by atoms with Gasteiger partial charge in [-0.05, 0) is 37.1 Å². The molecule has 25 heavy (non-hydrogen) atoms.